The number of rotatable bonds is 9. The fraction of sp³-hybridized carbons (Fsp3) is 0.882. The molecule has 0 aliphatic rings. The van der Waals surface area contributed by atoms with Gasteiger partial charge in [-0.1, -0.05) is 40.5 Å². The predicted octanol–water partition coefficient (Wildman–Crippen LogP) is 1.94. The SMILES string of the molecule is CC(C)(C)C(O)O.CCCCCC(O)O.O=C(O)CCCCC(=O)O. The van der Waals surface area contributed by atoms with Crippen LogP contribution in [0.4, 0.5) is 0 Å². The Morgan fingerprint density at radius 2 is 1.16 bits per heavy atom. The molecule has 0 radical (unpaired) electrons. The van der Waals surface area contributed by atoms with E-state index in [9.17, 15) is 9.59 Å². The highest BCUT2D eigenvalue weighted by Gasteiger charge is 2.18. The van der Waals surface area contributed by atoms with E-state index in [2.05, 4.69) is 6.92 Å². The van der Waals surface area contributed by atoms with Gasteiger partial charge in [0, 0.05) is 18.3 Å². The molecule has 0 bridgehead atoms. The fourth-order valence-corrected chi connectivity index (χ4v) is 1.13. The van der Waals surface area contributed by atoms with E-state index in [1.165, 1.54) is 0 Å². The van der Waals surface area contributed by atoms with Crippen LogP contribution in [0, 0.1) is 5.41 Å². The van der Waals surface area contributed by atoms with E-state index in [0.29, 0.717) is 19.3 Å². The normalized spacial score (nSPS) is 10.6. The lowest BCUT2D eigenvalue weighted by molar-refractivity contribution is -0.139. The van der Waals surface area contributed by atoms with Crippen molar-refractivity contribution in [2.45, 2.75) is 91.6 Å². The summed E-state index contributed by atoms with van der Waals surface area (Å²) < 4.78 is 0. The number of carbonyl (C=O) groups is 2. The van der Waals surface area contributed by atoms with Crippen LogP contribution in [0.1, 0.15) is 79.1 Å². The zero-order chi connectivity index (χ0) is 20.5. The summed E-state index contributed by atoms with van der Waals surface area (Å²) in [6, 6.07) is 0. The van der Waals surface area contributed by atoms with Crippen molar-refractivity contribution in [3.63, 3.8) is 0 Å². The van der Waals surface area contributed by atoms with Crippen LogP contribution in [0.25, 0.3) is 0 Å². The van der Waals surface area contributed by atoms with Gasteiger partial charge in [0.25, 0.3) is 0 Å². The summed E-state index contributed by atoms with van der Waals surface area (Å²) in [4.78, 5) is 19.8. The van der Waals surface area contributed by atoms with Crippen LogP contribution in [-0.4, -0.2) is 55.2 Å². The molecule has 0 aromatic heterocycles. The highest BCUT2D eigenvalue weighted by molar-refractivity contribution is 5.67. The number of unbranched alkanes of at least 4 members (excludes halogenated alkanes) is 3. The van der Waals surface area contributed by atoms with E-state index in [1.807, 2.05) is 0 Å². The molecule has 25 heavy (non-hydrogen) atoms. The van der Waals surface area contributed by atoms with E-state index in [1.54, 1.807) is 20.8 Å². The Hall–Kier alpha value is -1.22. The number of carboxylic acids is 2. The first kappa shape index (κ1) is 28.6. The van der Waals surface area contributed by atoms with Crippen LogP contribution in [0.15, 0.2) is 0 Å². The third kappa shape index (κ3) is 34.9. The number of aliphatic carboxylic acids is 2. The van der Waals surface area contributed by atoms with Crippen molar-refractivity contribution in [3.8, 4) is 0 Å². The number of aliphatic hydroxyl groups is 4. The Kier molecular flexibility index (Phi) is 20.1. The summed E-state index contributed by atoms with van der Waals surface area (Å²) in [5.74, 6) is -1.74. The minimum Gasteiger partial charge on any atom is -0.481 e. The monoisotopic (exact) mass is 368 g/mol. The Balaban J connectivity index is -0.000000296. The molecule has 0 rings (SSSR count). The van der Waals surface area contributed by atoms with Gasteiger partial charge in [-0.15, -0.1) is 0 Å². The molecule has 152 valence electrons. The molecule has 0 heterocycles. The first-order chi connectivity index (χ1) is 11.3. The number of hydrogen-bond acceptors (Lipinski definition) is 6. The quantitative estimate of drug-likeness (QED) is 0.266. The van der Waals surface area contributed by atoms with Gasteiger partial charge in [-0.25, -0.2) is 0 Å². The van der Waals surface area contributed by atoms with Crippen molar-refractivity contribution < 1.29 is 40.2 Å². The minimum atomic E-state index is -1.20. The van der Waals surface area contributed by atoms with E-state index >= 15 is 0 Å². The second-order valence-corrected chi connectivity index (χ2v) is 6.71. The van der Waals surface area contributed by atoms with Crippen molar-refractivity contribution in [2.75, 3.05) is 0 Å². The van der Waals surface area contributed by atoms with Crippen LogP contribution < -0.4 is 0 Å². The molecule has 8 nitrogen and oxygen atoms in total. The molecule has 8 heteroatoms. The minimum absolute atomic E-state index is 0.0628. The molecule has 0 aromatic rings. The van der Waals surface area contributed by atoms with Crippen molar-refractivity contribution in [1.29, 1.82) is 0 Å². The standard InChI is InChI=1S/C6H10O4.C6H14O2.C5H12O2/c7-5(8)3-1-2-4-6(9)10;1-2-3-4-5-6(7)8;1-5(2,3)4(6)7/h1-4H2,(H,7,8)(H,9,10);6-8H,2-5H2,1H3;4,6-7H,1-3H3. The Labute approximate surface area is 150 Å². The maximum atomic E-state index is 9.90. The summed E-state index contributed by atoms with van der Waals surface area (Å²) in [6.07, 6.45) is 2.39. The maximum absolute atomic E-state index is 9.90. The van der Waals surface area contributed by atoms with Gasteiger partial charge >= 0.3 is 11.9 Å². The number of hydrogen-bond donors (Lipinski definition) is 6. The average molecular weight is 368 g/mol. The van der Waals surface area contributed by atoms with Crippen LogP contribution in [0.2, 0.25) is 0 Å². The molecule has 0 unspecified atom stereocenters. The van der Waals surface area contributed by atoms with Crippen LogP contribution >= 0.6 is 0 Å². The topological polar surface area (TPSA) is 156 Å². The number of carboxylic acid groups (broad SMARTS) is 2. The van der Waals surface area contributed by atoms with Gasteiger partial charge in [0.2, 0.25) is 0 Å². The molecule has 6 N–H and O–H groups in total. The molecule has 0 saturated heterocycles. The molecule has 0 spiro atoms. The maximum Gasteiger partial charge on any atom is 0.303 e. The van der Waals surface area contributed by atoms with Crippen molar-refractivity contribution in [3.05, 3.63) is 0 Å². The Bertz CT molecular complexity index is 305. The van der Waals surface area contributed by atoms with Crippen molar-refractivity contribution >= 4 is 11.9 Å². The third-order valence-electron chi connectivity index (χ3n) is 2.87. The second kappa shape index (κ2) is 17.6. The zero-order valence-corrected chi connectivity index (χ0v) is 15.8. The fourth-order valence-electron chi connectivity index (χ4n) is 1.13. The first-order valence-corrected chi connectivity index (χ1v) is 8.50. The lowest BCUT2D eigenvalue weighted by atomic mass is 9.96. The van der Waals surface area contributed by atoms with Gasteiger partial charge in [0.15, 0.2) is 12.6 Å². The summed E-state index contributed by atoms with van der Waals surface area (Å²) >= 11 is 0. The second-order valence-electron chi connectivity index (χ2n) is 6.71. The highest BCUT2D eigenvalue weighted by Crippen LogP contribution is 2.15. The molecule has 0 atom stereocenters. The van der Waals surface area contributed by atoms with Gasteiger partial charge in [0.05, 0.1) is 0 Å². The molecule has 0 amide bonds. The molecular formula is C17H36O8. The summed E-state index contributed by atoms with van der Waals surface area (Å²) in [6.45, 7) is 7.37. The van der Waals surface area contributed by atoms with Gasteiger partial charge in [-0.3, -0.25) is 9.59 Å². The van der Waals surface area contributed by atoms with Crippen molar-refractivity contribution in [1.82, 2.24) is 0 Å². The van der Waals surface area contributed by atoms with Crippen molar-refractivity contribution in [2.24, 2.45) is 5.41 Å². The zero-order valence-electron chi connectivity index (χ0n) is 15.8. The van der Waals surface area contributed by atoms with E-state index in [-0.39, 0.29) is 18.3 Å². The lowest BCUT2D eigenvalue weighted by Crippen LogP contribution is -2.24. The largest absolute Gasteiger partial charge is 0.481 e. The molecular weight excluding hydrogens is 332 g/mol. The van der Waals surface area contributed by atoms with Gasteiger partial charge in [-0.2, -0.15) is 0 Å². The van der Waals surface area contributed by atoms with Gasteiger partial charge in [-0.05, 0) is 25.7 Å². The summed E-state index contributed by atoms with van der Waals surface area (Å²) in [5.41, 5.74) is -0.389. The summed E-state index contributed by atoms with van der Waals surface area (Å²) in [7, 11) is 0. The Morgan fingerprint density at radius 1 is 0.800 bits per heavy atom. The first-order valence-electron chi connectivity index (χ1n) is 8.50. The van der Waals surface area contributed by atoms with Gasteiger partial charge in [0.1, 0.15) is 0 Å². The van der Waals surface area contributed by atoms with E-state index in [0.717, 1.165) is 19.3 Å². The van der Waals surface area contributed by atoms with Crippen LogP contribution in [0.3, 0.4) is 0 Å². The molecule has 0 aliphatic carbocycles. The molecule has 0 aliphatic heterocycles. The Morgan fingerprint density at radius 3 is 1.36 bits per heavy atom. The lowest BCUT2D eigenvalue weighted by Gasteiger charge is -2.19. The summed E-state index contributed by atoms with van der Waals surface area (Å²) in [5, 5.41) is 49.8. The average Bonchev–Trinajstić information content (AvgIpc) is 2.43. The van der Waals surface area contributed by atoms with E-state index in [4.69, 9.17) is 30.6 Å². The third-order valence-corrected chi connectivity index (χ3v) is 2.87. The number of aliphatic hydroxyl groups excluding tert-OH is 2. The highest BCUT2D eigenvalue weighted by atomic mass is 16.5. The molecule has 0 saturated carbocycles. The van der Waals surface area contributed by atoms with E-state index < -0.39 is 24.5 Å². The molecule has 0 aromatic carbocycles. The van der Waals surface area contributed by atoms with Gasteiger partial charge < -0.3 is 30.6 Å². The van der Waals surface area contributed by atoms with Crippen LogP contribution in [0.5, 0.6) is 0 Å². The predicted molar refractivity (Wildman–Crippen MR) is 93.8 cm³/mol. The van der Waals surface area contributed by atoms with Crippen LogP contribution in [-0.2, 0) is 9.59 Å². The molecule has 0 fully saturated rings. The smallest absolute Gasteiger partial charge is 0.303 e.